The van der Waals surface area contributed by atoms with Gasteiger partial charge in [0.1, 0.15) is 0 Å². The molecule has 1 fully saturated rings. The molecule has 15 heavy (non-hydrogen) atoms. The van der Waals surface area contributed by atoms with Crippen molar-refractivity contribution < 1.29 is 5.11 Å². The Bertz CT molecular complexity index is 287. The van der Waals surface area contributed by atoms with Crippen molar-refractivity contribution >= 4 is 11.3 Å². The first-order valence-corrected chi connectivity index (χ1v) is 6.45. The van der Waals surface area contributed by atoms with E-state index < -0.39 is 0 Å². The zero-order valence-corrected chi connectivity index (χ0v) is 9.91. The number of aliphatic hydroxyl groups is 1. The van der Waals surface area contributed by atoms with Crippen molar-refractivity contribution in [3.63, 3.8) is 0 Å². The second-order valence-corrected chi connectivity index (χ2v) is 5.21. The summed E-state index contributed by atoms with van der Waals surface area (Å²) in [5.74, 6) is 0. The number of aliphatic hydroxyl groups excluding tert-OH is 1. The number of thiazole rings is 1. The van der Waals surface area contributed by atoms with Crippen LogP contribution in [0.2, 0.25) is 0 Å². The zero-order chi connectivity index (χ0) is 10.7. The summed E-state index contributed by atoms with van der Waals surface area (Å²) >= 11 is 1.70. The molecule has 0 aromatic carbocycles. The van der Waals surface area contributed by atoms with E-state index in [1.54, 1.807) is 11.3 Å². The van der Waals surface area contributed by atoms with E-state index in [9.17, 15) is 5.11 Å². The van der Waals surface area contributed by atoms with E-state index in [1.165, 1.54) is 17.7 Å². The third-order valence-corrected chi connectivity index (χ3v) is 3.83. The van der Waals surface area contributed by atoms with Crippen LogP contribution >= 0.6 is 11.3 Å². The fourth-order valence-electron chi connectivity index (χ4n) is 2.28. The minimum absolute atomic E-state index is 0.224. The summed E-state index contributed by atoms with van der Waals surface area (Å²) < 4.78 is 0. The van der Waals surface area contributed by atoms with E-state index in [0.717, 1.165) is 19.5 Å². The lowest BCUT2D eigenvalue weighted by Gasteiger charge is -2.37. The Morgan fingerprint density at radius 3 is 3.20 bits per heavy atom. The number of likely N-dealkylation sites (tertiary alicyclic amines) is 1. The number of hydrogen-bond acceptors (Lipinski definition) is 4. The lowest BCUT2D eigenvalue weighted by molar-refractivity contribution is 0.0322. The maximum Gasteiger partial charge on any atom is 0.0794 e. The Kier molecular flexibility index (Phi) is 3.72. The largest absolute Gasteiger partial charge is 0.392 e. The lowest BCUT2D eigenvalue weighted by Crippen LogP contribution is -2.45. The molecule has 2 rings (SSSR count). The maximum atomic E-state index is 9.72. The predicted molar refractivity (Wildman–Crippen MR) is 61.8 cm³/mol. The average Bonchev–Trinajstić information content (AvgIpc) is 2.71. The number of piperidine rings is 1. The second kappa shape index (κ2) is 5.05. The lowest BCUT2D eigenvalue weighted by atomic mass is 9.98. The molecule has 2 unspecified atom stereocenters. The summed E-state index contributed by atoms with van der Waals surface area (Å²) in [6.07, 6.45) is 5.32. The average molecular weight is 226 g/mol. The number of rotatable bonds is 3. The van der Waals surface area contributed by atoms with E-state index in [2.05, 4.69) is 9.88 Å². The van der Waals surface area contributed by atoms with Gasteiger partial charge in [0.2, 0.25) is 0 Å². The van der Waals surface area contributed by atoms with Crippen molar-refractivity contribution in [3.8, 4) is 0 Å². The monoisotopic (exact) mass is 226 g/mol. The summed E-state index contributed by atoms with van der Waals surface area (Å²) in [7, 11) is 0. The minimum Gasteiger partial charge on any atom is -0.392 e. The van der Waals surface area contributed by atoms with E-state index in [1.807, 2.05) is 18.6 Å². The highest BCUT2D eigenvalue weighted by Crippen LogP contribution is 2.22. The molecule has 1 aliphatic rings. The Balaban J connectivity index is 1.99. The molecule has 1 N–H and O–H groups in total. The highest BCUT2D eigenvalue weighted by molar-refractivity contribution is 7.09. The van der Waals surface area contributed by atoms with Crippen molar-refractivity contribution in [2.75, 3.05) is 6.54 Å². The van der Waals surface area contributed by atoms with Crippen LogP contribution in [0.1, 0.15) is 31.1 Å². The number of hydrogen-bond donors (Lipinski definition) is 1. The fraction of sp³-hybridized carbons (Fsp3) is 0.727. The summed E-state index contributed by atoms with van der Waals surface area (Å²) in [5.41, 5.74) is 1.87. The van der Waals surface area contributed by atoms with Crippen molar-refractivity contribution in [1.29, 1.82) is 0 Å². The second-order valence-electron chi connectivity index (χ2n) is 4.24. The van der Waals surface area contributed by atoms with Gasteiger partial charge < -0.3 is 5.11 Å². The molecule has 0 bridgehead atoms. The van der Waals surface area contributed by atoms with Crippen molar-refractivity contribution in [1.82, 2.24) is 9.88 Å². The molecule has 0 spiro atoms. The molecule has 1 saturated heterocycles. The van der Waals surface area contributed by atoms with Gasteiger partial charge in [-0.1, -0.05) is 6.42 Å². The fourth-order valence-corrected chi connectivity index (χ4v) is 2.90. The third kappa shape index (κ3) is 2.77. The van der Waals surface area contributed by atoms with Gasteiger partial charge >= 0.3 is 0 Å². The summed E-state index contributed by atoms with van der Waals surface area (Å²) in [5, 5.41) is 9.72. The number of aromatic nitrogens is 1. The van der Waals surface area contributed by atoms with Crippen molar-refractivity contribution in [3.05, 3.63) is 16.6 Å². The van der Waals surface area contributed by atoms with Crippen LogP contribution < -0.4 is 0 Å². The van der Waals surface area contributed by atoms with Gasteiger partial charge in [0, 0.05) is 23.7 Å². The first-order chi connectivity index (χ1) is 7.27. The molecule has 1 aromatic rings. The molecular weight excluding hydrogens is 208 g/mol. The first-order valence-electron chi connectivity index (χ1n) is 5.57. The molecule has 1 aliphatic heterocycles. The standard InChI is InChI=1S/C11H18N2OS/c1-9(14)11-4-2-3-5-13(11)7-10-6-12-8-15-10/h6,8-9,11,14H,2-5,7H2,1H3. The Morgan fingerprint density at radius 2 is 2.53 bits per heavy atom. The van der Waals surface area contributed by atoms with Gasteiger partial charge in [-0.2, -0.15) is 0 Å². The SMILES string of the molecule is CC(O)C1CCCCN1Cc1cncs1. The van der Waals surface area contributed by atoms with Crippen LogP contribution in [0.15, 0.2) is 11.7 Å². The molecule has 1 aromatic heterocycles. The van der Waals surface area contributed by atoms with E-state index in [4.69, 9.17) is 0 Å². The van der Waals surface area contributed by atoms with Crippen LogP contribution in [-0.2, 0) is 6.54 Å². The number of nitrogens with zero attached hydrogens (tertiary/aromatic N) is 2. The summed E-state index contributed by atoms with van der Waals surface area (Å²) in [4.78, 5) is 7.77. The molecule has 0 aliphatic carbocycles. The quantitative estimate of drug-likeness (QED) is 0.855. The maximum absolute atomic E-state index is 9.72. The van der Waals surface area contributed by atoms with Crippen LogP contribution in [0.25, 0.3) is 0 Å². The zero-order valence-electron chi connectivity index (χ0n) is 9.09. The summed E-state index contributed by atoms with van der Waals surface area (Å²) in [6.45, 7) is 3.95. The topological polar surface area (TPSA) is 36.4 Å². The minimum atomic E-state index is -0.224. The summed E-state index contributed by atoms with van der Waals surface area (Å²) in [6, 6.07) is 0.334. The van der Waals surface area contributed by atoms with Gasteiger partial charge in [0.25, 0.3) is 0 Å². The van der Waals surface area contributed by atoms with Gasteiger partial charge in [-0.15, -0.1) is 11.3 Å². The molecule has 4 heteroatoms. The highest BCUT2D eigenvalue weighted by atomic mass is 32.1. The van der Waals surface area contributed by atoms with Crippen LogP contribution in [0.3, 0.4) is 0 Å². The van der Waals surface area contributed by atoms with Gasteiger partial charge in [-0.05, 0) is 26.3 Å². The molecule has 2 atom stereocenters. The normalized spacial score (nSPS) is 25.3. The molecule has 0 radical (unpaired) electrons. The van der Waals surface area contributed by atoms with Crippen molar-refractivity contribution in [2.24, 2.45) is 0 Å². The molecule has 3 nitrogen and oxygen atoms in total. The van der Waals surface area contributed by atoms with Crippen LogP contribution in [0.4, 0.5) is 0 Å². The Labute approximate surface area is 94.8 Å². The van der Waals surface area contributed by atoms with Crippen LogP contribution in [0, 0.1) is 0 Å². The third-order valence-electron chi connectivity index (χ3n) is 3.06. The predicted octanol–water partition coefficient (Wildman–Crippen LogP) is 1.88. The molecule has 2 heterocycles. The molecule has 0 saturated carbocycles. The van der Waals surface area contributed by atoms with Gasteiger partial charge in [-0.3, -0.25) is 9.88 Å². The highest BCUT2D eigenvalue weighted by Gasteiger charge is 2.26. The Morgan fingerprint density at radius 1 is 1.67 bits per heavy atom. The van der Waals surface area contributed by atoms with E-state index in [0.29, 0.717) is 6.04 Å². The van der Waals surface area contributed by atoms with Gasteiger partial charge in [0.15, 0.2) is 0 Å². The van der Waals surface area contributed by atoms with E-state index >= 15 is 0 Å². The molecule has 84 valence electrons. The van der Waals surface area contributed by atoms with Gasteiger partial charge in [-0.25, -0.2) is 0 Å². The molecular formula is C11H18N2OS. The molecule has 0 amide bonds. The Hall–Kier alpha value is -0.450. The van der Waals surface area contributed by atoms with Crippen molar-refractivity contribution in [2.45, 2.75) is 44.9 Å². The van der Waals surface area contributed by atoms with Gasteiger partial charge in [0.05, 0.1) is 11.6 Å². The smallest absolute Gasteiger partial charge is 0.0794 e. The van der Waals surface area contributed by atoms with Crippen LogP contribution in [0.5, 0.6) is 0 Å². The first kappa shape index (κ1) is 11.0. The van der Waals surface area contributed by atoms with Crippen LogP contribution in [-0.4, -0.2) is 33.7 Å². The van der Waals surface area contributed by atoms with E-state index in [-0.39, 0.29) is 6.10 Å².